The maximum Gasteiger partial charge on any atom is 0.131 e. The second-order valence-electron chi connectivity index (χ2n) is 4.51. The monoisotopic (exact) mass is 328 g/mol. The summed E-state index contributed by atoms with van der Waals surface area (Å²) in [6.45, 7) is 0. The molecule has 2 aromatic carbocycles. The summed E-state index contributed by atoms with van der Waals surface area (Å²) in [7, 11) is 1.48. The maximum absolute atomic E-state index is 14.1. The molecule has 0 saturated heterocycles. The highest BCUT2D eigenvalue weighted by molar-refractivity contribution is 6.36. The molecule has 0 aliphatic heterocycles. The lowest BCUT2D eigenvalue weighted by atomic mass is 9.98. The van der Waals surface area contributed by atoms with Crippen LogP contribution in [0.5, 0.6) is 5.75 Å². The Morgan fingerprint density at radius 2 is 1.90 bits per heavy atom. The Bertz CT molecular complexity index is 617. The molecule has 112 valence electrons. The van der Waals surface area contributed by atoms with Crippen molar-refractivity contribution in [1.29, 1.82) is 0 Å². The number of hydrazine groups is 1. The van der Waals surface area contributed by atoms with Gasteiger partial charge in [-0.15, -0.1) is 0 Å². The quantitative estimate of drug-likeness (QED) is 0.646. The molecule has 0 spiro atoms. The summed E-state index contributed by atoms with van der Waals surface area (Å²) in [4.78, 5) is 0. The highest BCUT2D eigenvalue weighted by atomic mass is 35.5. The Morgan fingerprint density at radius 3 is 2.43 bits per heavy atom. The normalized spacial score (nSPS) is 12.2. The van der Waals surface area contributed by atoms with Crippen molar-refractivity contribution in [1.82, 2.24) is 5.43 Å². The summed E-state index contributed by atoms with van der Waals surface area (Å²) >= 11 is 12.3. The molecule has 1 atom stereocenters. The van der Waals surface area contributed by atoms with Gasteiger partial charge in [0.25, 0.3) is 0 Å². The van der Waals surface area contributed by atoms with Crippen LogP contribution in [0.15, 0.2) is 36.4 Å². The van der Waals surface area contributed by atoms with E-state index in [1.807, 2.05) is 0 Å². The maximum atomic E-state index is 14.1. The lowest BCUT2D eigenvalue weighted by Gasteiger charge is -2.19. The largest absolute Gasteiger partial charge is 0.497 e. The number of nitrogens with two attached hydrogens (primary N) is 1. The van der Waals surface area contributed by atoms with E-state index in [-0.39, 0.29) is 0 Å². The van der Waals surface area contributed by atoms with Crippen molar-refractivity contribution in [2.45, 2.75) is 12.5 Å². The van der Waals surface area contributed by atoms with Gasteiger partial charge in [-0.3, -0.25) is 11.3 Å². The van der Waals surface area contributed by atoms with Crippen molar-refractivity contribution < 1.29 is 9.13 Å². The Morgan fingerprint density at radius 1 is 1.24 bits per heavy atom. The van der Waals surface area contributed by atoms with E-state index in [4.69, 9.17) is 33.8 Å². The highest BCUT2D eigenvalue weighted by Crippen LogP contribution is 2.30. The van der Waals surface area contributed by atoms with Gasteiger partial charge in [-0.05, 0) is 30.2 Å². The molecule has 0 aromatic heterocycles. The van der Waals surface area contributed by atoms with Crippen LogP contribution >= 0.6 is 23.2 Å². The summed E-state index contributed by atoms with van der Waals surface area (Å²) < 4.78 is 19.1. The molecule has 0 saturated carbocycles. The summed E-state index contributed by atoms with van der Waals surface area (Å²) in [5.74, 6) is 5.60. The Balaban J connectivity index is 2.32. The fraction of sp³-hybridized carbons (Fsp3) is 0.200. The van der Waals surface area contributed by atoms with Crippen LogP contribution in [0.3, 0.4) is 0 Å². The number of hydrogen-bond acceptors (Lipinski definition) is 3. The summed E-state index contributed by atoms with van der Waals surface area (Å²) in [5, 5.41) is 1.05. The van der Waals surface area contributed by atoms with Gasteiger partial charge in [0.15, 0.2) is 0 Å². The minimum absolute atomic E-state index is 0.373. The zero-order valence-corrected chi connectivity index (χ0v) is 12.9. The average molecular weight is 329 g/mol. The second-order valence-corrected chi connectivity index (χ2v) is 5.33. The molecule has 0 aliphatic rings. The van der Waals surface area contributed by atoms with E-state index in [0.29, 0.717) is 27.8 Å². The number of ether oxygens (including phenoxy) is 1. The molecule has 1 unspecified atom stereocenters. The van der Waals surface area contributed by atoms with Gasteiger partial charge in [0.2, 0.25) is 0 Å². The van der Waals surface area contributed by atoms with E-state index >= 15 is 0 Å². The first-order valence-corrected chi connectivity index (χ1v) is 7.05. The van der Waals surface area contributed by atoms with Gasteiger partial charge in [0.1, 0.15) is 11.6 Å². The third-order valence-corrected chi connectivity index (χ3v) is 3.96. The Kier molecular flexibility index (Phi) is 5.42. The van der Waals surface area contributed by atoms with Crippen LogP contribution in [0.25, 0.3) is 0 Å². The van der Waals surface area contributed by atoms with E-state index in [1.165, 1.54) is 13.2 Å². The van der Waals surface area contributed by atoms with Gasteiger partial charge in [0, 0.05) is 21.7 Å². The first kappa shape index (κ1) is 16.0. The SMILES string of the molecule is COc1ccc(C(Cc2c(Cl)cccc2Cl)NN)c(F)c1. The first-order valence-electron chi connectivity index (χ1n) is 6.29. The van der Waals surface area contributed by atoms with Crippen molar-refractivity contribution in [2.75, 3.05) is 7.11 Å². The van der Waals surface area contributed by atoms with Crippen molar-refractivity contribution in [3.63, 3.8) is 0 Å². The Labute approximate surface area is 132 Å². The molecule has 0 bridgehead atoms. The average Bonchev–Trinajstić information content (AvgIpc) is 2.47. The van der Waals surface area contributed by atoms with Crippen LogP contribution in [0.2, 0.25) is 10.0 Å². The molecule has 0 amide bonds. The van der Waals surface area contributed by atoms with Gasteiger partial charge in [0.05, 0.1) is 13.2 Å². The van der Waals surface area contributed by atoms with Crippen LogP contribution in [-0.2, 0) is 6.42 Å². The van der Waals surface area contributed by atoms with E-state index in [2.05, 4.69) is 5.43 Å². The molecule has 2 rings (SSSR count). The fourth-order valence-electron chi connectivity index (χ4n) is 2.11. The van der Waals surface area contributed by atoms with Crippen LogP contribution in [0.4, 0.5) is 4.39 Å². The van der Waals surface area contributed by atoms with Gasteiger partial charge in [-0.2, -0.15) is 0 Å². The van der Waals surface area contributed by atoms with Gasteiger partial charge >= 0.3 is 0 Å². The minimum atomic E-state index is -0.451. The van der Waals surface area contributed by atoms with Crippen LogP contribution in [0.1, 0.15) is 17.2 Å². The highest BCUT2D eigenvalue weighted by Gasteiger charge is 2.18. The van der Waals surface area contributed by atoms with Crippen LogP contribution in [-0.4, -0.2) is 7.11 Å². The van der Waals surface area contributed by atoms with Gasteiger partial charge < -0.3 is 4.74 Å². The molecular weight excluding hydrogens is 314 g/mol. The molecule has 3 nitrogen and oxygen atoms in total. The van der Waals surface area contributed by atoms with Crippen molar-refractivity contribution >= 4 is 23.2 Å². The van der Waals surface area contributed by atoms with Crippen molar-refractivity contribution in [2.24, 2.45) is 5.84 Å². The topological polar surface area (TPSA) is 47.3 Å². The van der Waals surface area contributed by atoms with Gasteiger partial charge in [-0.25, -0.2) is 4.39 Å². The van der Waals surface area contributed by atoms with E-state index < -0.39 is 11.9 Å². The van der Waals surface area contributed by atoms with E-state index in [0.717, 1.165) is 5.56 Å². The molecule has 0 aliphatic carbocycles. The zero-order chi connectivity index (χ0) is 15.4. The summed E-state index contributed by atoms with van der Waals surface area (Å²) in [5.41, 5.74) is 3.75. The van der Waals surface area contributed by atoms with Crippen molar-refractivity contribution in [3.05, 3.63) is 63.4 Å². The zero-order valence-electron chi connectivity index (χ0n) is 11.4. The number of nitrogens with one attached hydrogen (secondary N) is 1. The standard InChI is InChI=1S/C15H15Cl2FN2O/c1-21-9-5-6-10(14(18)7-9)15(20-19)8-11-12(16)3-2-4-13(11)17/h2-7,15,20H,8,19H2,1H3. The predicted octanol–water partition coefficient (Wildman–Crippen LogP) is 3.89. The molecule has 0 fully saturated rings. The number of hydrogen-bond donors (Lipinski definition) is 2. The minimum Gasteiger partial charge on any atom is -0.497 e. The molecule has 3 N–H and O–H groups in total. The third-order valence-electron chi connectivity index (χ3n) is 3.25. The molecule has 0 radical (unpaired) electrons. The fourth-order valence-corrected chi connectivity index (χ4v) is 2.66. The van der Waals surface area contributed by atoms with Gasteiger partial charge in [-0.1, -0.05) is 35.3 Å². The predicted molar refractivity (Wildman–Crippen MR) is 83.2 cm³/mol. The Hall–Kier alpha value is -1.33. The van der Waals surface area contributed by atoms with Crippen LogP contribution in [0, 0.1) is 5.82 Å². The number of halogens is 3. The van der Waals surface area contributed by atoms with E-state index in [9.17, 15) is 4.39 Å². The molecule has 6 heteroatoms. The lowest BCUT2D eigenvalue weighted by molar-refractivity contribution is 0.409. The molecule has 0 heterocycles. The summed E-state index contributed by atoms with van der Waals surface area (Å²) in [6.07, 6.45) is 0.373. The van der Waals surface area contributed by atoms with E-state index in [1.54, 1.807) is 30.3 Å². The smallest absolute Gasteiger partial charge is 0.131 e. The lowest BCUT2D eigenvalue weighted by Crippen LogP contribution is -2.30. The molecular formula is C15H15Cl2FN2O. The third kappa shape index (κ3) is 3.66. The number of benzene rings is 2. The number of methoxy groups -OCH3 is 1. The number of rotatable bonds is 5. The summed E-state index contributed by atoms with van der Waals surface area (Å²) in [6, 6.07) is 9.40. The van der Waals surface area contributed by atoms with Crippen molar-refractivity contribution in [3.8, 4) is 5.75 Å². The van der Waals surface area contributed by atoms with Crippen LogP contribution < -0.4 is 16.0 Å². The molecule has 2 aromatic rings. The second kappa shape index (κ2) is 7.09. The molecule has 21 heavy (non-hydrogen) atoms. The first-order chi connectivity index (χ1) is 10.1.